The van der Waals surface area contributed by atoms with Gasteiger partial charge in [-0.1, -0.05) is 6.07 Å². The van der Waals surface area contributed by atoms with Gasteiger partial charge in [-0.05, 0) is 30.8 Å². The molecule has 2 rings (SSSR count). The van der Waals surface area contributed by atoms with Gasteiger partial charge in [-0.3, -0.25) is 4.79 Å². The van der Waals surface area contributed by atoms with E-state index >= 15 is 0 Å². The molecule has 1 aromatic heterocycles. The van der Waals surface area contributed by atoms with Crippen molar-refractivity contribution in [2.24, 2.45) is 0 Å². The molecule has 94 valence electrons. The number of Topliss-reactive ketones (excluding diaryl/α,β-unsaturated/α-hetero) is 1. The molecule has 1 aromatic rings. The molecule has 1 fully saturated rings. The third kappa shape index (κ3) is 4.22. The van der Waals surface area contributed by atoms with E-state index in [4.69, 9.17) is 4.74 Å². The second-order valence-corrected chi connectivity index (χ2v) is 5.26. The third-order valence-electron chi connectivity index (χ3n) is 2.99. The van der Waals surface area contributed by atoms with E-state index in [-0.39, 0.29) is 5.78 Å². The Kier molecular flexibility index (Phi) is 5.16. The van der Waals surface area contributed by atoms with E-state index in [0.29, 0.717) is 6.42 Å². The van der Waals surface area contributed by atoms with Crippen molar-refractivity contribution in [1.82, 2.24) is 4.90 Å². The highest BCUT2D eigenvalue weighted by atomic mass is 32.1. The van der Waals surface area contributed by atoms with Crippen LogP contribution in [-0.4, -0.2) is 43.5 Å². The van der Waals surface area contributed by atoms with E-state index in [1.54, 1.807) is 0 Å². The van der Waals surface area contributed by atoms with Crippen molar-refractivity contribution in [1.29, 1.82) is 0 Å². The fraction of sp³-hybridized carbons (Fsp3) is 0.615. The van der Waals surface area contributed by atoms with Gasteiger partial charge in [-0.25, -0.2) is 0 Å². The Labute approximate surface area is 106 Å². The van der Waals surface area contributed by atoms with E-state index in [1.807, 2.05) is 17.5 Å². The second kappa shape index (κ2) is 6.89. The molecule has 3 nitrogen and oxygen atoms in total. The van der Waals surface area contributed by atoms with Crippen LogP contribution in [0.25, 0.3) is 0 Å². The van der Waals surface area contributed by atoms with Gasteiger partial charge in [0, 0.05) is 26.1 Å². The number of hydrogen-bond acceptors (Lipinski definition) is 4. The molecule has 0 unspecified atom stereocenters. The van der Waals surface area contributed by atoms with Crippen molar-refractivity contribution >= 4 is 17.1 Å². The fourth-order valence-electron chi connectivity index (χ4n) is 2.04. The lowest BCUT2D eigenvalue weighted by atomic mass is 10.2. The number of rotatable bonds is 5. The van der Waals surface area contributed by atoms with E-state index in [0.717, 1.165) is 50.6 Å². The van der Waals surface area contributed by atoms with Crippen molar-refractivity contribution in [3.8, 4) is 0 Å². The minimum atomic E-state index is 0.283. The molecular weight excluding hydrogens is 234 g/mol. The lowest BCUT2D eigenvalue weighted by Gasteiger charge is -2.18. The minimum Gasteiger partial charge on any atom is -0.380 e. The molecule has 0 spiro atoms. The number of hydrogen-bond donors (Lipinski definition) is 0. The zero-order chi connectivity index (χ0) is 11.9. The maximum Gasteiger partial charge on any atom is 0.172 e. The molecule has 0 saturated carbocycles. The van der Waals surface area contributed by atoms with Crippen molar-refractivity contribution in [2.45, 2.75) is 19.3 Å². The van der Waals surface area contributed by atoms with E-state index in [2.05, 4.69) is 4.90 Å². The fourth-order valence-corrected chi connectivity index (χ4v) is 2.74. The highest BCUT2D eigenvalue weighted by Crippen LogP contribution is 2.12. The zero-order valence-electron chi connectivity index (χ0n) is 10.1. The van der Waals surface area contributed by atoms with Gasteiger partial charge in [0.15, 0.2) is 5.78 Å². The Bertz CT molecular complexity index is 329. The molecule has 0 N–H and O–H groups in total. The summed E-state index contributed by atoms with van der Waals surface area (Å²) in [6, 6.07) is 3.84. The second-order valence-electron chi connectivity index (χ2n) is 4.31. The number of nitrogens with zero attached hydrogens (tertiary/aromatic N) is 1. The molecule has 1 saturated heterocycles. The van der Waals surface area contributed by atoms with Crippen LogP contribution in [-0.2, 0) is 4.74 Å². The predicted octanol–water partition coefficient (Wildman–Crippen LogP) is 2.43. The molecule has 17 heavy (non-hydrogen) atoms. The monoisotopic (exact) mass is 253 g/mol. The Morgan fingerprint density at radius 2 is 2.35 bits per heavy atom. The largest absolute Gasteiger partial charge is 0.380 e. The first kappa shape index (κ1) is 12.7. The molecule has 0 atom stereocenters. The van der Waals surface area contributed by atoms with E-state index in [1.165, 1.54) is 11.3 Å². The molecule has 0 aromatic carbocycles. The molecule has 1 aliphatic rings. The number of carbonyl (C=O) groups is 1. The van der Waals surface area contributed by atoms with Gasteiger partial charge in [-0.2, -0.15) is 0 Å². The minimum absolute atomic E-state index is 0.283. The average molecular weight is 253 g/mol. The van der Waals surface area contributed by atoms with Crippen LogP contribution in [0.15, 0.2) is 17.5 Å². The van der Waals surface area contributed by atoms with Crippen molar-refractivity contribution in [2.75, 3.05) is 32.8 Å². The topological polar surface area (TPSA) is 29.5 Å². The first-order valence-corrected chi connectivity index (χ1v) is 7.11. The lowest BCUT2D eigenvalue weighted by molar-refractivity contribution is 0.0977. The summed E-state index contributed by atoms with van der Waals surface area (Å²) in [5.74, 6) is 0.283. The van der Waals surface area contributed by atoms with Crippen LogP contribution < -0.4 is 0 Å². The van der Waals surface area contributed by atoms with Crippen LogP contribution in [0.1, 0.15) is 28.9 Å². The highest BCUT2D eigenvalue weighted by Gasteiger charge is 2.10. The van der Waals surface area contributed by atoms with Crippen LogP contribution >= 0.6 is 11.3 Å². The normalized spacial score (nSPS) is 17.9. The Morgan fingerprint density at radius 3 is 3.18 bits per heavy atom. The summed E-state index contributed by atoms with van der Waals surface area (Å²) in [4.78, 5) is 15.1. The summed E-state index contributed by atoms with van der Waals surface area (Å²) in [5, 5.41) is 1.96. The van der Waals surface area contributed by atoms with Gasteiger partial charge >= 0.3 is 0 Å². The Morgan fingerprint density at radius 1 is 1.41 bits per heavy atom. The maximum absolute atomic E-state index is 11.8. The summed E-state index contributed by atoms with van der Waals surface area (Å²) >= 11 is 1.54. The molecule has 0 aliphatic carbocycles. The van der Waals surface area contributed by atoms with Gasteiger partial charge in [0.25, 0.3) is 0 Å². The van der Waals surface area contributed by atoms with Crippen LogP contribution in [0.2, 0.25) is 0 Å². The van der Waals surface area contributed by atoms with Gasteiger partial charge in [0.05, 0.1) is 11.5 Å². The summed E-state index contributed by atoms with van der Waals surface area (Å²) < 4.78 is 5.40. The maximum atomic E-state index is 11.8. The summed E-state index contributed by atoms with van der Waals surface area (Å²) in [6.45, 7) is 4.84. The first-order valence-electron chi connectivity index (χ1n) is 6.23. The van der Waals surface area contributed by atoms with Gasteiger partial charge in [0.1, 0.15) is 0 Å². The Hall–Kier alpha value is -0.710. The molecule has 0 amide bonds. The molecule has 4 heteroatoms. The van der Waals surface area contributed by atoms with Crippen LogP contribution in [0.4, 0.5) is 0 Å². The molecule has 0 radical (unpaired) electrons. The SMILES string of the molecule is O=C(CCCN1CCCOCC1)c1cccs1. The van der Waals surface area contributed by atoms with Crippen molar-refractivity contribution in [3.63, 3.8) is 0 Å². The van der Waals surface area contributed by atoms with Crippen LogP contribution in [0.5, 0.6) is 0 Å². The number of ether oxygens (including phenoxy) is 1. The quantitative estimate of drug-likeness (QED) is 0.755. The molecule has 0 bridgehead atoms. The van der Waals surface area contributed by atoms with Crippen molar-refractivity contribution < 1.29 is 9.53 Å². The molecule has 1 aliphatic heterocycles. The predicted molar refractivity (Wildman–Crippen MR) is 69.8 cm³/mol. The summed E-state index contributed by atoms with van der Waals surface area (Å²) in [7, 11) is 0. The third-order valence-corrected chi connectivity index (χ3v) is 3.90. The van der Waals surface area contributed by atoms with Crippen molar-refractivity contribution in [3.05, 3.63) is 22.4 Å². The van der Waals surface area contributed by atoms with Crippen LogP contribution in [0.3, 0.4) is 0 Å². The standard InChI is InChI=1S/C13H19NO2S/c15-12(13-5-2-11-17-13)4-1-6-14-7-3-9-16-10-8-14/h2,5,11H,1,3-4,6-10H2. The van der Waals surface area contributed by atoms with Gasteiger partial charge < -0.3 is 9.64 Å². The van der Waals surface area contributed by atoms with Gasteiger partial charge in [0.2, 0.25) is 0 Å². The highest BCUT2D eigenvalue weighted by molar-refractivity contribution is 7.12. The number of ketones is 1. The Balaban J connectivity index is 1.66. The first-order chi connectivity index (χ1) is 8.36. The average Bonchev–Trinajstić information content (AvgIpc) is 2.75. The van der Waals surface area contributed by atoms with Gasteiger partial charge in [-0.15, -0.1) is 11.3 Å². The number of carbonyl (C=O) groups excluding carboxylic acids is 1. The van der Waals surface area contributed by atoms with E-state index < -0.39 is 0 Å². The molecule has 2 heterocycles. The summed E-state index contributed by atoms with van der Waals surface area (Å²) in [6.07, 6.45) is 2.73. The smallest absolute Gasteiger partial charge is 0.172 e. The van der Waals surface area contributed by atoms with Crippen LogP contribution in [0, 0.1) is 0 Å². The zero-order valence-corrected chi connectivity index (χ0v) is 10.9. The van der Waals surface area contributed by atoms with E-state index in [9.17, 15) is 4.79 Å². The molecular formula is C13H19NO2S. The summed E-state index contributed by atoms with van der Waals surface area (Å²) in [5.41, 5.74) is 0. The lowest BCUT2D eigenvalue weighted by Crippen LogP contribution is -2.27. The number of thiophene rings is 1.